The van der Waals surface area contributed by atoms with Crippen molar-refractivity contribution >= 4 is 28.2 Å². The van der Waals surface area contributed by atoms with Crippen molar-refractivity contribution in [2.75, 3.05) is 5.32 Å². The maximum absolute atomic E-state index is 17.4. The number of nitrogens with one attached hydrogen (secondary N) is 1. The van der Waals surface area contributed by atoms with E-state index in [4.69, 9.17) is 0 Å². The summed E-state index contributed by atoms with van der Waals surface area (Å²) >= 11 is 1.09. The van der Waals surface area contributed by atoms with E-state index >= 15 is 4.39 Å². The number of aliphatic hydroxyl groups is 2. The summed E-state index contributed by atoms with van der Waals surface area (Å²) in [5.41, 5.74) is -4.63. The summed E-state index contributed by atoms with van der Waals surface area (Å²) in [7, 11) is 0. The van der Waals surface area contributed by atoms with E-state index in [9.17, 15) is 28.6 Å². The van der Waals surface area contributed by atoms with Crippen LogP contribution in [0.15, 0.2) is 47.4 Å². The van der Waals surface area contributed by atoms with Crippen molar-refractivity contribution in [2.45, 2.75) is 63.8 Å². The summed E-state index contributed by atoms with van der Waals surface area (Å²) in [6.07, 6.45) is 4.58. The van der Waals surface area contributed by atoms with E-state index in [0.29, 0.717) is 30.5 Å². The molecule has 1 aromatic carbocycles. The molecule has 0 radical (unpaired) electrons. The molecule has 2 aromatic rings. The van der Waals surface area contributed by atoms with Crippen LogP contribution in [0.4, 0.5) is 18.3 Å². The van der Waals surface area contributed by atoms with Crippen LogP contribution in [-0.4, -0.2) is 38.7 Å². The van der Waals surface area contributed by atoms with E-state index < -0.39 is 51.7 Å². The fourth-order valence-corrected chi connectivity index (χ4v) is 9.16. The number of anilines is 1. The molecule has 40 heavy (non-hydrogen) atoms. The van der Waals surface area contributed by atoms with Crippen molar-refractivity contribution in [3.05, 3.63) is 70.3 Å². The highest BCUT2D eigenvalue weighted by atomic mass is 32.1. The molecule has 3 fully saturated rings. The molecule has 212 valence electrons. The van der Waals surface area contributed by atoms with Crippen LogP contribution in [-0.2, 0) is 10.4 Å². The highest BCUT2D eigenvalue weighted by Gasteiger charge is 2.74. The number of allylic oxidation sites excluding steroid dienone is 4. The van der Waals surface area contributed by atoms with Crippen LogP contribution in [0, 0.1) is 40.2 Å². The molecular weight excluding hydrogens is 541 g/mol. The molecule has 6 rings (SSSR count). The lowest BCUT2D eigenvalue weighted by atomic mass is 9.44. The number of halogens is 3. The molecule has 4 aliphatic carbocycles. The third-order valence-corrected chi connectivity index (χ3v) is 11.3. The molecule has 0 unspecified atom stereocenters. The standard InChI is InChI=1S/C30H31F3N2O4S/c1-15-10-20-19-6-5-17-12-18(36)8-9-27(17,2)29(19,33)24(37)13-28(20,3)30(15,39)23-14-40-26(34-23)35-25(38)16-4-7-21(31)22(32)11-16/h4,7-9,11-12,14-15,19-20,24,37,39H,5-6,10,13H2,1-3H3,(H,34,35,38)/t15-,19+,20+,24+,27+,28+,29+,30+/m1/s1. The van der Waals surface area contributed by atoms with Crippen molar-refractivity contribution < 1.29 is 33.0 Å². The fraction of sp³-hybridized carbons (Fsp3) is 0.500. The normalized spacial score (nSPS) is 40.2. The van der Waals surface area contributed by atoms with Crippen LogP contribution in [0.25, 0.3) is 0 Å². The average Bonchev–Trinajstić information content (AvgIpc) is 3.44. The number of hydrogen-bond donors (Lipinski definition) is 3. The zero-order valence-electron chi connectivity index (χ0n) is 22.4. The quantitative estimate of drug-likeness (QED) is 0.453. The van der Waals surface area contributed by atoms with Crippen molar-refractivity contribution in [1.82, 2.24) is 4.98 Å². The maximum Gasteiger partial charge on any atom is 0.257 e. The number of aliphatic hydroxyl groups excluding tert-OH is 1. The topological polar surface area (TPSA) is 99.5 Å². The van der Waals surface area contributed by atoms with E-state index in [1.165, 1.54) is 12.2 Å². The van der Waals surface area contributed by atoms with Crippen LogP contribution in [0.3, 0.4) is 0 Å². The molecule has 4 aliphatic rings. The minimum absolute atomic E-state index is 0.00968. The first-order valence-electron chi connectivity index (χ1n) is 13.5. The Labute approximate surface area is 234 Å². The van der Waals surface area contributed by atoms with Crippen LogP contribution in [0.2, 0.25) is 0 Å². The second kappa shape index (κ2) is 8.84. The number of thiazole rings is 1. The Kier molecular flexibility index (Phi) is 6.04. The number of ketones is 1. The van der Waals surface area contributed by atoms with Gasteiger partial charge in [0.1, 0.15) is 5.60 Å². The molecule has 0 aliphatic heterocycles. The second-order valence-corrected chi connectivity index (χ2v) is 13.1. The number of nitrogens with zero attached hydrogens (tertiary/aromatic N) is 1. The summed E-state index contributed by atoms with van der Waals surface area (Å²) in [4.78, 5) is 29.2. The van der Waals surface area contributed by atoms with Gasteiger partial charge in [0.05, 0.1) is 11.8 Å². The number of aromatic nitrogens is 1. The van der Waals surface area contributed by atoms with Gasteiger partial charge in [-0.15, -0.1) is 11.3 Å². The van der Waals surface area contributed by atoms with Crippen LogP contribution in [0.5, 0.6) is 0 Å². The molecular formula is C30H31F3N2O4S. The number of fused-ring (bicyclic) bond motifs is 5. The summed E-state index contributed by atoms with van der Waals surface area (Å²) in [5.74, 6) is -4.21. The van der Waals surface area contributed by atoms with E-state index in [2.05, 4.69) is 10.3 Å². The van der Waals surface area contributed by atoms with Gasteiger partial charge in [-0.25, -0.2) is 18.2 Å². The number of carbonyl (C=O) groups excluding carboxylic acids is 2. The number of amides is 1. The van der Waals surface area contributed by atoms with Gasteiger partial charge in [-0.3, -0.25) is 14.9 Å². The van der Waals surface area contributed by atoms with E-state index in [1.54, 1.807) is 18.4 Å². The predicted molar refractivity (Wildman–Crippen MR) is 143 cm³/mol. The highest BCUT2D eigenvalue weighted by molar-refractivity contribution is 7.14. The Bertz CT molecular complexity index is 1490. The molecule has 0 bridgehead atoms. The summed E-state index contributed by atoms with van der Waals surface area (Å²) in [5, 5.41) is 28.3. The number of hydrogen-bond acceptors (Lipinski definition) is 6. The van der Waals surface area contributed by atoms with Crippen molar-refractivity contribution in [3.63, 3.8) is 0 Å². The van der Waals surface area contributed by atoms with Crippen LogP contribution in [0.1, 0.15) is 62.5 Å². The minimum atomic E-state index is -2.00. The van der Waals surface area contributed by atoms with Gasteiger partial charge in [0.15, 0.2) is 28.2 Å². The number of alkyl halides is 1. The van der Waals surface area contributed by atoms with E-state index in [1.807, 2.05) is 13.8 Å². The molecule has 1 amide bonds. The first-order valence-corrected chi connectivity index (χ1v) is 14.4. The fourth-order valence-electron chi connectivity index (χ4n) is 8.41. The first-order chi connectivity index (χ1) is 18.8. The predicted octanol–water partition coefficient (Wildman–Crippen LogP) is 5.48. The van der Waals surface area contributed by atoms with Crippen LogP contribution >= 0.6 is 11.3 Å². The van der Waals surface area contributed by atoms with Gasteiger partial charge in [-0.2, -0.15) is 0 Å². The molecule has 3 saturated carbocycles. The Hall–Kier alpha value is -2.82. The Morgan fingerprint density at radius 3 is 2.67 bits per heavy atom. The zero-order valence-corrected chi connectivity index (χ0v) is 23.2. The van der Waals surface area contributed by atoms with Crippen molar-refractivity contribution in [1.29, 1.82) is 0 Å². The maximum atomic E-state index is 17.4. The van der Waals surface area contributed by atoms with Gasteiger partial charge in [0.25, 0.3) is 5.91 Å². The van der Waals surface area contributed by atoms with Gasteiger partial charge in [0.2, 0.25) is 0 Å². The van der Waals surface area contributed by atoms with Gasteiger partial charge >= 0.3 is 0 Å². The lowest BCUT2D eigenvalue weighted by Gasteiger charge is -2.62. The SMILES string of the molecule is C[C@@H]1C[C@H]2[C@@H]3CCC4=CC(=O)C=C[C@]4(C)[C@@]3(F)[C@@H](O)C[C@]2(C)[C@@]1(O)c1csc(NC(=O)c2ccc(F)c(F)c2)n1. The molecule has 6 nitrogen and oxygen atoms in total. The third kappa shape index (κ3) is 3.45. The molecule has 0 saturated heterocycles. The second-order valence-electron chi connectivity index (χ2n) is 12.3. The van der Waals surface area contributed by atoms with Gasteiger partial charge in [-0.1, -0.05) is 25.5 Å². The highest BCUT2D eigenvalue weighted by Crippen LogP contribution is 2.72. The lowest BCUT2D eigenvalue weighted by Crippen LogP contribution is -2.68. The summed E-state index contributed by atoms with van der Waals surface area (Å²) in [6, 6.07) is 2.83. The zero-order chi connectivity index (χ0) is 28.8. The minimum Gasteiger partial charge on any atom is -0.390 e. The Morgan fingerprint density at radius 1 is 1.20 bits per heavy atom. The molecule has 8 atom stereocenters. The number of rotatable bonds is 3. The van der Waals surface area contributed by atoms with Crippen molar-refractivity contribution in [3.8, 4) is 0 Å². The molecule has 0 spiro atoms. The molecule has 1 heterocycles. The third-order valence-electron chi connectivity index (χ3n) is 10.5. The Morgan fingerprint density at radius 2 is 1.95 bits per heavy atom. The lowest BCUT2D eigenvalue weighted by molar-refractivity contribution is -0.223. The van der Waals surface area contributed by atoms with E-state index in [-0.39, 0.29) is 34.7 Å². The van der Waals surface area contributed by atoms with E-state index in [0.717, 1.165) is 29.5 Å². The monoisotopic (exact) mass is 572 g/mol. The smallest absolute Gasteiger partial charge is 0.257 e. The summed E-state index contributed by atoms with van der Waals surface area (Å²) < 4.78 is 44.3. The molecule has 3 N–H and O–H groups in total. The van der Waals surface area contributed by atoms with Crippen LogP contribution < -0.4 is 5.32 Å². The number of benzene rings is 1. The van der Waals surface area contributed by atoms with Gasteiger partial charge < -0.3 is 10.2 Å². The molecule has 1 aromatic heterocycles. The summed E-state index contributed by atoms with van der Waals surface area (Å²) in [6.45, 7) is 5.54. The average molecular weight is 573 g/mol. The largest absolute Gasteiger partial charge is 0.390 e. The number of carbonyl (C=O) groups is 2. The van der Waals surface area contributed by atoms with Crippen molar-refractivity contribution in [2.24, 2.45) is 28.6 Å². The van der Waals surface area contributed by atoms with Gasteiger partial charge in [0, 0.05) is 27.7 Å². The first kappa shape index (κ1) is 27.4. The Balaban J connectivity index is 1.32. The molecule has 10 heteroatoms. The van der Waals surface area contributed by atoms with Gasteiger partial charge in [-0.05, 0) is 74.8 Å².